The summed E-state index contributed by atoms with van der Waals surface area (Å²) in [6, 6.07) is 15.2. The molecule has 2 heterocycles. The maximum Gasteiger partial charge on any atom is 0.274 e. The molecule has 1 aliphatic rings. The summed E-state index contributed by atoms with van der Waals surface area (Å²) in [7, 11) is 1.58. The lowest BCUT2D eigenvalue weighted by Gasteiger charge is -2.20. The number of ether oxygens (including phenoxy) is 1. The molecule has 0 fully saturated rings. The SMILES string of the molecule is CSCCNC(=O)c1ccc2c(c1)N(C)C(=O)[C@@H](NC(=O)c1cc(Cc3ccccc3)on1)CO2.O.O. The second-order valence-corrected chi connectivity index (χ2v) is 8.99. The van der Waals surface area contributed by atoms with Crippen LogP contribution in [0.15, 0.2) is 59.1 Å². The molecule has 0 bridgehead atoms. The normalized spacial score (nSPS) is 14.3. The Bertz CT molecular complexity index is 1220. The number of aromatic nitrogens is 1. The van der Waals surface area contributed by atoms with Crippen molar-refractivity contribution in [3.05, 3.63) is 77.2 Å². The molecule has 1 aromatic heterocycles. The first-order chi connectivity index (χ1) is 17.0. The molecule has 4 rings (SSSR count). The number of benzene rings is 2. The van der Waals surface area contributed by atoms with Crippen LogP contribution in [0.5, 0.6) is 5.75 Å². The molecule has 0 saturated carbocycles. The van der Waals surface area contributed by atoms with E-state index in [0.29, 0.717) is 35.7 Å². The van der Waals surface area contributed by atoms with E-state index in [1.807, 2.05) is 36.6 Å². The molecule has 6 N–H and O–H groups in total. The van der Waals surface area contributed by atoms with Crippen LogP contribution in [0.3, 0.4) is 0 Å². The highest BCUT2D eigenvalue weighted by molar-refractivity contribution is 7.98. The largest absolute Gasteiger partial charge is 0.489 e. The Morgan fingerprint density at radius 3 is 2.59 bits per heavy atom. The van der Waals surface area contributed by atoms with Gasteiger partial charge >= 0.3 is 0 Å². The van der Waals surface area contributed by atoms with Crippen LogP contribution < -0.4 is 20.3 Å². The first-order valence-corrected chi connectivity index (χ1v) is 12.5. The Balaban J connectivity index is 0.00000241. The number of carbonyl (C=O) groups is 3. The van der Waals surface area contributed by atoms with Crippen LogP contribution in [0.2, 0.25) is 0 Å². The minimum atomic E-state index is -0.937. The molecule has 0 unspecified atom stereocenters. The zero-order valence-corrected chi connectivity index (χ0v) is 21.3. The number of likely N-dealkylation sites (N-methyl/N-ethyl adjacent to an activating group) is 1. The van der Waals surface area contributed by atoms with E-state index in [2.05, 4.69) is 15.8 Å². The minimum Gasteiger partial charge on any atom is -0.489 e. The molecular formula is C25H30N4O7S. The molecule has 1 aliphatic heterocycles. The number of anilines is 1. The lowest BCUT2D eigenvalue weighted by molar-refractivity contribution is -0.120. The molecule has 3 aromatic rings. The second kappa shape index (κ2) is 13.4. The summed E-state index contributed by atoms with van der Waals surface area (Å²) < 4.78 is 11.1. The summed E-state index contributed by atoms with van der Waals surface area (Å²) in [5.41, 5.74) is 1.98. The Hall–Kier alpha value is -3.87. The number of carbonyl (C=O) groups excluding carboxylic acids is 3. The maximum absolute atomic E-state index is 13.1. The van der Waals surface area contributed by atoms with Crippen molar-refractivity contribution in [1.82, 2.24) is 15.8 Å². The van der Waals surface area contributed by atoms with Gasteiger partial charge in [0.1, 0.15) is 24.2 Å². The fraction of sp³-hybridized carbons (Fsp3) is 0.280. The van der Waals surface area contributed by atoms with Gasteiger partial charge in [0, 0.05) is 37.4 Å². The highest BCUT2D eigenvalue weighted by Gasteiger charge is 2.32. The van der Waals surface area contributed by atoms with Gasteiger partial charge in [-0.15, -0.1) is 0 Å². The van der Waals surface area contributed by atoms with E-state index in [0.717, 1.165) is 11.3 Å². The van der Waals surface area contributed by atoms with Crippen LogP contribution >= 0.6 is 11.8 Å². The van der Waals surface area contributed by atoms with Gasteiger partial charge in [0.05, 0.1) is 5.69 Å². The summed E-state index contributed by atoms with van der Waals surface area (Å²) in [4.78, 5) is 39.7. The fourth-order valence-corrected chi connectivity index (χ4v) is 3.95. The molecule has 37 heavy (non-hydrogen) atoms. The third-order valence-electron chi connectivity index (χ3n) is 5.53. The van der Waals surface area contributed by atoms with Crippen LogP contribution in [0.1, 0.15) is 32.2 Å². The van der Waals surface area contributed by atoms with Crippen LogP contribution in [0.25, 0.3) is 0 Å². The number of rotatable bonds is 8. The monoisotopic (exact) mass is 530 g/mol. The molecule has 0 saturated heterocycles. The standard InChI is InChI=1S/C25H26N4O5S.2H2O/c1-29-21-13-17(23(30)26-10-11-35-2)8-9-22(21)33-15-20(25(29)32)27-24(31)19-14-18(34-28-19)12-16-6-4-3-5-7-16;;/h3-9,13-14,20H,10-12,15H2,1-2H3,(H,26,30)(H,27,31);2*1H2/t20-;;/m0../s1. The number of hydrogen-bond acceptors (Lipinski definition) is 7. The van der Waals surface area contributed by atoms with Crippen molar-refractivity contribution in [2.24, 2.45) is 0 Å². The van der Waals surface area contributed by atoms with E-state index >= 15 is 0 Å². The Morgan fingerprint density at radius 2 is 1.86 bits per heavy atom. The molecule has 1 atom stereocenters. The maximum atomic E-state index is 13.1. The molecular weight excluding hydrogens is 500 g/mol. The number of fused-ring (bicyclic) bond motifs is 1. The Labute approximate surface area is 218 Å². The van der Waals surface area contributed by atoms with Gasteiger partial charge in [-0.05, 0) is 30.0 Å². The summed E-state index contributed by atoms with van der Waals surface area (Å²) in [5.74, 6) is 0.656. The third kappa shape index (κ3) is 7.09. The topological polar surface area (TPSA) is 177 Å². The smallest absolute Gasteiger partial charge is 0.274 e. The van der Waals surface area contributed by atoms with Gasteiger partial charge in [-0.25, -0.2) is 0 Å². The lowest BCUT2D eigenvalue weighted by atomic mass is 10.1. The number of hydrogen-bond donors (Lipinski definition) is 2. The van der Waals surface area contributed by atoms with Gasteiger partial charge in [0.25, 0.3) is 17.7 Å². The number of nitrogens with zero attached hydrogens (tertiary/aromatic N) is 2. The van der Waals surface area contributed by atoms with Gasteiger partial charge in [-0.2, -0.15) is 11.8 Å². The molecule has 2 aromatic carbocycles. The molecule has 198 valence electrons. The van der Waals surface area contributed by atoms with E-state index in [9.17, 15) is 14.4 Å². The van der Waals surface area contributed by atoms with Crippen molar-refractivity contribution in [3.8, 4) is 5.75 Å². The first kappa shape index (κ1) is 29.4. The average molecular weight is 531 g/mol. The third-order valence-corrected chi connectivity index (χ3v) is 6.14. The Kier molecular flexibility index (Phi) is 10.7. The van der Waals surface area contributed by atoms with E-state index < -0.39 is 11.9 Å². The molecule has 3 amide bonds. The van der Waals surface area contributed by atoms with E-state index in [4.69, 9.17) is 9.26 Å². The van der Waals surface area contributed by atoms with Gasteiger partial charge in [0.15, 0.2) is 5.69 Å². The average Bonchev–Trinajstić information content (AvgIpc) is 3.30. The van der Waals surface area contributed by atoms with E-state index in [-0.39, 0.29) is 35.1 Å². The zero-order valence-electron chi connectivity index (χ0n) is 20.4. The highest BCUT2D eigenvalue weighted by Crippen LogP contribution is 2.31. The van der Waals surface area contributed by atoms with Crippen LogP contribution in [-0.2, 0) is 11.2 Å². The molecule has 0 spiro atoms. The van der Waals surface area contributed by atoms with Crippen molar-refractivity contribution in [2.75, 3.05) is 37.1 Å². The van der Waals surface area contributed by atoms with Crippen LogP contribution in [-0.4, -0.2) is 72.1 Å². The van der Waals surface area contributed by atoms with E-state index in [1.165, 1.54) is 4.90 Å². The van der Waals surface area contributed by atoms with Crippen molar-refractivity contribution >= 4 is 35.2 Å². The summed E-state index contributed by atoms with van der Waals surface area (Å²) in [5, 5.41) is 9.37. The molecule has 0 aliphatic carbocycles. The van der Waals surface area contributed by atoms with Crippen molar-refractivity contribution in [3.63, 3.8) is 0 Å². The number of thioether (sulfide) groups is 1. The van der Waals surface area contributed by atoms with Gasteiger partial charge in [-0.1, -0.05) is 35.5 Å². The zero-order chi connectivity index (χ0) is 24.8. The predicted octanol–water partition coefficient (Wildman–Crippen LogP) is 0.863. The summed E-state index contributed by atoms with van der Waals surface area (Å²) in [6.07, 6.45) is 2.46. The lowest BCUT2D eigenvalue weighted by Crippen LogP contribution is -2.49. The molecule has 11 nitrogen and oxygen atoms in total. The highest BCUT2D eigenvalue weighted by atomic mass is 32.2. The van der Waals surface area contributed by atoms with Crippen LogP contribution in [0, 0.1) is 0 Å². The fourth-order valence-electron chi connectivity index (χ4n) is 3.64. The van der Waals surface area contributed by atoms with Crippen molar-refractivity contribution < 1.29 is 34.6 Å². The van der Waals surface area contributed by atoms with Gasteiger partial charge in [0.2, 0.25) is 0 Å². The second-order valence-electron chi connectivity index (χ2n) is 8.01. The van der Waals surface area contributed by atoms with Crippen molar-refractivity contribution in [2.45, 2.75) is 12.5 Å². The van der Waals surface area contributed by atoms with Crippen LogP contribution in [0.4, 0.5) is 5.69 Å². The van der Waals surface area contributed by atoms with E-state index in [1.54, 1.807) is 43.1 Å². The number of amides is 3. The summed E-state index contributed by atoms with van der Waals surface area (Å²) >= 11 is 1.64. The van der Waals surface area contributed by atoms with Crippen molar-refractivity contribution in [1.29, 1.82) is 0 Å². The first-order valence-electron chi connectivity index (χ1n) is 11.1. The minimum absolute atomic E-state index is 0. The van der Waals surface area contributed by atoms with Gasteiger partial charge < -0.3 is 35.7 Å². The Morgan fingerprint density at radius 1 is 1.11 bits per heavy atom. The number of nitrogens with one attached hydrogen (secondary N) is 2. The molecule has 0 radical (unpaired) electrons. The van der Waals surface area contributed by atoms with Gasteiger partial charge in [-0.3, -0.25) is 14.4 Å². The molecule has 12 heteroatoms. The quantitative estimate of drug-likeness (QED) is 0.406. The predicted molar refractivity (Wildman–Crippen MR) is 140 cm³/mol. The summed E-state index contributed by atoms with van der Waals surface area (Å²) in [6.45, 7) is 0.488.